The summed E-state index contributed by atoms with van der Waals surface area (Å²) in [6.07, 6.45) is 3.63. The predicted octanol–water partition coefficient (Wildman–Crippen LogP) is 8.80. The van der Waals surface area contributed by atoms with Crippen molar-refractivity contribution in [2.75, 3.05) is 14.1 Å². The van der Waals surface area contributed by atoms with Crippen LogP contribution < -0.4 is 0 Å². The Morgan fingerprint density at radius 3 is 1.50 bits per heavy atom. The van der Waals surface area contributed by atoms with Gasteiger partial charge in [0.2, 0.25) is 0 Å². The normalized spacial score (nSPS) is 25.6. The molecular formula is C41H70N2O5. The number of carbonyl (C=O) groups excluding carboxylic acids is 2. The maximum absolute atomic E-state index is 15.2. The third-order valence-electron chi connectivity index (χ3n) is 12.5. The third-order valence-corrected chi connectivity index (χ3v) is 12.5. The van der Waals surface area contributed by atoms with Crippen LogP contribution in [0.2, 0.25) is 0 Å². The molecule has 7 nitrogen and oxygen atoms in total. The van der Waals surface area contributed by atoms with Crippen LogP contribution in [0.4, 0.5) is 0 Å². The fourth-order valence-corrected chi connectivity index (χ4v) is 7.92. The van der Waals surface area contributed by atoms with Gasteiger partial charge in [-0.25, -0.2) is 0 Å². The van der Waals surface area contributed by atoms with Gasteiger partial charge in [-0.05, 0) is 130 Å². The summed E-state index contributed by atoms with van der Waals surface area (Å²) < 4.78 is 13.2. The second kappa shape index (κ2) is 13.2. The highest BCUT2D eigenvalue weighted by atomic mass is 16.6. The van der Waals surface area contributed by atoms with Crippen LogP contribution in [0.1, 0.15) is 165 Å². The number of piperidine rings is 2. The number of nitrogens with zero attached hydrogens (tertiary/aromatic N) is 2. The van der Waals surface area contributed by atoms with E-state index in [1.165, 1.54) is 0 Å². The lowest BCUT2D eigenvalue weighted by molar-refractivity contribution is -0.189. The van der Waals surface area contributed by atoms with Crippen molar-refractivity contribution in [1.29, 1.82) is 0 Å². The number of esters is 2. The molecule has 0 bridgehead atoms. The van der Waals surface area contributed by atoms with E-state index in [0.29, 0.717) is 30.4 Å². The van der Waals surface area contributed by atoms with Gasteiger partial charge >= 0.3 is 11.9 Å². The van der Waals surface area contributed by atoms with Gasteiger partial charge in [-0.3, -0.25) is 19.4 Å². The van der Waals surface area contributed by atoms with Crippen molar-refractivity contribution in [3.05, 3.63) is 28.8 Å². The Morgan fingerprint density at radius 1 is 0.750 bits per heavy atom. The number of phenolic OH excluding ortho intramolecular Hbond substituents is 1. The molecule has 2 heterocycles. The summed E-state index contributed by atoms with van der Waals surface area (Å²) in [5.74, 6) is -1.28. The van der Waals surface area contributed by atoms with Gasteiger partial charge in [0.05, 0.1) is 11.1 Å². The fourth-order valence-electron chi connectivity index (χ4n) is 7.92. The van der Waals surface area contributed by atoms with Crippen molar-refractivity contribution in [2.45, 2.75) is 199 Å². The van der Waals surface area contributed by atoms with E-state index in [9.17, 15) is 5.11 Å². The van der Waals surface area contributed by atoms with Crippen LogP contribution in [0.3, 0.4) is 0 Å². The van der Waals surface area contributed by atoms with E-state index < -0.39 is 46.1 Å². The SMILES string of the molecule is CCCCC(C(=O)OC1CCC(C)(C)N(C)C1(C)C)(C(=O)OC1CCC(C)(C)N(C)C1(C)C)c1cc(C(C)(C)C)cc(C(C)(C)C)c1O. The largest absolute Gasteiger partial charge is 0.507 e. The predicted molar refractivity (Wildman–Crippen MR) is 197 cm³/mol. The van der Waals surface area contributed by atoms with Crippen LogP contribution in [-0.4, -0.2) is 75.3 Å². The number of hydrogen-bond acceptors (Lipinski definition) is 7. The van der Waals surface area contributed by atoms with Crippen LogP contribution in [0.25, 0.3) is 0 Å². The summed E-state index contributed by atoms with van der Waals surface area (Å²) >= 11 is 0. The first-order valence-corrected chi connectivity index (χ1v) is 18.4. The van der Waals surface area contributed by atoms with Gasteiger partial charge in [0.25, 0.3) is 0 Å². The number of likely N-dealkylation sites (N-methyl/N-ethyl adjacent to an activating group) is 2. The van der Waals surface area contributed by atoms with Crippen LogP contribution >= 0.6 is 0 Å². The monoisotopic (exact) mass is 671 g/mol. The molecule has 2 saturated heterocycles. The first kappa shape index (κ1) is 40.3. The van der Waals surface area contributed by atoms with Crippen molar-refractivity contribution < 1.29 is 24.2 Å². The number of benzene rings is 1. The fraction of sp³-hybridized carbons (Fsp3) is 0.805. The number of rotatable bonds is 8. The number of unbranched alkanes of at least 4 members (excludes halogenated alkanes) is 1. The Morgan fingerprint density at radius 2 is 1.15 bits per heavy atom. The molecule has 0 aliphatic carbocycles. The quantitative estimate of drug-likeness (QED) is 0.219. The molecule has 0 spiro atoms. The van der Waals surface area contributed by atoms with E-state index in [1.54, 1.807) is 0 Å². The maximum Gasteiger partial charge on any atom is 0.328 e. The number of likely N-dealkylation sites (tertiary alicyclic amines) is 2. The van der Waals surface area contributed by atoms with E-state index in [-0.39, 0.29) is 28.7 Å². The topological polar surface area (TPSA) is 79.3 Å². The zero-order valence-corrected chi connectivity index (χ0v) is 33.7. The molecule has 2 aliphatic rings. The van der Waals surface area contributed by atoms with Gasteiger partial charge < -0.3 is 14.6 Å². The minimum absolute atomic E-state index is 0.0252. The number of carbonyl (C=O) groups is 2. The van der Waals surface area contributed by atoms with Crippen LogP contribution in [0.15, 0.2) is 12.1 Å². The highest BCUT2D eigenvalue weighted by molar-refractivity contribution is 6.07. The molecule has 7 heteroatoms. The third kappa shape index (κ3) is 7.33. The van der Waals surface area contributed by atoms with Crippen molar-refractivity contribution in [3.8, 4) is 5.75 Å². The molecule has 0 amide bonds. The van der Waals surface area contributed by atoms with E-state index >= 15 is 9.59 Å². The van der Waals surface area contributed by atoms with E-state index in [1.807, 2.05) is 32.9 Å². The summed E-state index contributed by atoms with van der Waals surface area (Å²) in [5, 5.41) is 12.3. The molecule has 2 aliphatic heterocycles. The van der Waals surface area contributed by atoms with E-state index in [2.05, 4.69) is 107 Å². The van der Waals surface area contributed by atoms with Gasteiger partial charge in [0.1, 0.15) is 18.0 Å². The smallest absolute Gasteiger partial charge is 0.328 e. The number of aromatic hydroxyl groups is 1. The Kier molecular flexibility index (Phi) is 11.1. The first-order chi connectivity index (χ1) is 21.6. The van der Waals surface area contributed by atoms with Gasteiger partial charge in [0, 0.05) is 16.6 Å². The number of hydrogen-bond donors (Lipinski definition) is 1. The van der Waals surface area contributed by atoms with Crippen molar-refractivity contribution in [3.63, 3.8) is 0 Å². The molecule has 2 unspecified atom stereocenters. The Balaban J connectivity index is 2.33. The molecule has 3 rings (SSSR count). The minimum Gasteiger partial charge on any atom is -0.507 e. The molecule has 1 aromatic carbocycles. The van der Waals surface area contributed by atoms with Gasteiger partial charge in [-0.15, -0.1) is 0 Å². The Bertz CT molecular complexity index is 1290. The zero-order chi connectivity index (χ0) is 37.1. The summed E-state index contributed by atoms with van der Waals surface area (Å²) in [7, 11) is 4.16. The lowest BCUT2D eigenvalue weighted by Gasteiger charge is -2.55. The molecule has 48 heavy (non-hydrogen) atoms. The standard InChI is InChI=1S/C41H70N2O5/c1-18-19-22-41(33(45)47-30-20-23-37(8,9)42(16)39(30,12)13,34(46)48-31-21-24-38(10,11)43(17)40(31,14)15)29-26-27(35(2,3)4)25-28(32(29)44)36(5,6)7/h25-26,30-31,44H,18-24H2,1-17H3. The Labute approximate surface area is 293 Å². The number of ether oxygens (including phenoxy) is 2. The molecule has 1 aromatic rings. The maximum atomic E-state index is 15.2. The highest BCUT2D eigenvalue weighted by Gasteiger charge is 2.57. The summed E-state index contributed by atoms with van der Waals surface area (Å²) in [6.45, 7) is 31.8. The molecule has 0 saturated carbocycles. The highest BCUT2D eigenvalue weighted by Crippen LogP contribution is 2.48. The molecule has 2 fully saturated rings. The Hall–Kier alpha value is -2.12. The van der Waals surface area contributed by atoms with Gasteiger partial charge in [-0.2, -0.15) is 0 Å². The molecule has 1 N–H and O–H groups in total. The summed E-state index contributed by atoms with van der Waals surface area (Å²) in [4.78, 5) is 35.0. The van der Waals surface area contributed by atoms with Crippen LogP contribution in [-0.2, 0) is 35.3 Å². The first-order valence-electron chi connectivity index (χ1n) is 18.4. The second-order valence-electron chi connectivity index (χ2n) is 19.3. The molecule has 0 radical (unpaired) electrons. The van der Waals surface area contributed by atoms with E-state index in [4.69, 9.17) is 9.47 Å². The molecular weight excluding hydrogens is 600 g/mol. The van der Waals surface area contributed by atoms with E-state index in [0.717, 1.165) is 24.8 Å². The lowest BCUT2D eigenvalue weighted by atomic mass is 9.70. The molecule has 0 aromatic heterocycles. The number of phenols is 1. The summed E-state index contributed by atoms with van der Waals surface area (Å²) in [6, 6.07) is 3.91. The van der Waals surface area contributed by atoms with Crippen molar-refractivity contribution in [1.82, 2.24) is 9.80 Å². The average molecular weight is 671 g/mol. The van der Waals surface area contributed by atoms with Gasteiger partial charge in [-0.1, -0.05) is 67.4 Å². The van der Waals surface area contributed by atoms with Crippen LogP contribution in [0.5, 0.6) is 5.75 Å². The zero-order valence-electron chi connectivity index (χ0n) is 33.7. The summed E-state index contributed by atoms with van der Waals surface area (Å²) in [5.41, 5.74) is -1.79. The lowest BCUT2D eigenvalue weighted by Crippen LogP contribution is -2.65. The van der Waals surface area contributed by atoms with Crippen molar-refractivity contribution >= 4 is 11.9 Å². The second-order valence-corrected chi connectivity index (χ2v) is 19.3. The van der Waals surface area contributed by atoms with Gasteiger partial charge in [0.15, 0.2) is 5.41 Å². The molecule has 2 atom stereocenters. The average Bonchev–Trinajstić information content (AvgIpc) is 2.94. The minimum atomic E-state index is -1.86. The van der Waals surface area contributed by atoms with Crippen molar-refractivity contribution in [2.24, 2.45) is 0 Å². The van der Waals surface area contributed by atoms with Crippen LogP contribution in [0, 0.1) is 0 Å². The molecule has 274 valence electrons.